The summed E-state index contributed by atoms with van der Waals surface area (Å²) in [5, 5.41) is 5.64. The zero-order valence-electron chi connectivity index (χ0n) is 19.6. The molecule has 2 amide bonds. The highest BCUT2D eigenvalue weighted by atomic mass is 16.5. The van der Waals surface area contributed by atoms with Gasteiger partial charge in [-0.15, -0.1) is 0 Å². The quantitative estimate of drug-likeness (QED) is 0.551. The van der Waals surface area contributed by atoms with Gasteiger partial charge in [-0.05, 0) is 56.2 Å². The van der Waals surface area contributed by atoms with Gasteiger partial charge in [0.15, 0.2) is 11.5 Å². The van der Waals surface area contributed by atoms with Crippen LogP contribution in [-0.2, 0) is 9.53 Å². The van der Waals surface area contributed by atoms with Crippen molar-refractivity contribution in [2.45, 2.75) is 39.3 Å². The normalized spacial score (nSPS) is 15.6. The Morgan fingerprint density at radius 1 is 1.06 bits per heavy atom. The van der Waals surface area contributed by atoms with Gasteiger partial charge in [0, 0.05) is 5.56 Å². The summed E-state index contributed by atoms with van der Waals surface area (Å²) >= 11 is 0. The number of carbonyl (C=O) groups excluding carboxylic acids is 2. The SMILES string of the molecule is CCCOc1c(OC)cccc1C1NC(=O)NC(c2ccc(OC)cc2)=C1C(=O)OC(C)C. The number of carbonyl (C=O) groups is 2. The third kappa shape index (κ3) is 5.39. The molecule has 2 aromatic rings. The number of methoxy groups -OCH3 is 2. The molecule has 1 heterocycles. The van der Waals surface area contributed by atoms with E-state index >= 15 is 0 Å². The number of nitrogens with one attached hydrogen (secondary N) is 2. The minimum absolute atomic E-state index is 0.267. The van der Waals surface area contributed by atoms with E-state index in [-0.39, 0.29) is 11.7 Å². The van der Waals surface area contributed by atoms with Crippen LogP contribution in [-0.4, -0.2) is 38.9 Å². The van der Waals surface area contributed by atoms with Gasteiger partial charge < -0.3 is 29.6 Å². The molecule has 176 valence electrons. The molecule has 0 saturated heterocycles. The molecule has 0 aromatic heterocycles. The first-order valence-corrected chi connectivity index (χ1v) is 10.9. The van der Waals surface area contributed by atoms with Crippen LogP contribution in [0.2, 0.25) is 0 Å². The van der Waals surface area contributed by atoms with Crippen molar-refractivity contribution >= 4 is 17.7 Å². The van der Waals surface area contributed by atoms with E-state index in [0.29, 0.717) is 40.7 Å². The van der Waals surface area contributed by atoms with Gasteiger partial charge >= 0.3 is 12.0 Å². The Hall–Kier alpha value is -3.68. The van der Waals surface area contributed by atoms with Gasteiger partial charge in [-0.3, -0.25) is 0 Å². The van der Waals surface area contributed by atoms with Crippen LogP contribution >= 0.6 is 0 Å². The second-order valence-corrected chi connectivity index (χ2v) is 7.73. The zero-order chi connectivity index (χ0) is 24.0. The van der Waals surface area contributed by atoms with Crippen molar-refractivity contribution in [2.24, 2.45) is 0 Å². The fourth-order valence-electron chi connectivity index (χ4n) is 3.56. The third-order valence-corrected chi connectivity index (χ3v) is 5.00. The van der Waals surface area contributed by atoms with Gasteiger partial charge in [0.25, 0.3) is 0 Å². The number of hydrogen-bond acceptors (Lipinski definition) is 6. The van der Waals surface area contributed by atoms with Crippen molar-refractivity contribution in [1.82, 2.24) is 10.6 Å². The van der Waals surface area contributed by atoms with Crippen molar-refractivity contribution in [3.63, 3.8) is 0 Å². The minimum Gasteiger partial charge on any atom is -0.497 e. The number of benzene rings is 2. The molecule has 0 aliphatic carbocycles. The lowest BCUT2D eigenvalue weighted by atomic mass is 9.91. The molecule has 0 bridgehead atoms. The predicted octanol–water partition coefficient (Wildman–Crippen LogP) is 4.21. The van der Waals surface area contributed by atoms with Crippen LogP contribution in [0.3, 0.4) is 0 Å². The van der Waals surface area contributed by atoms with E-state index in [4.69, 9.17) is 18.9 Å². The van der Waals surface area contributed by atoms with Crippen LogP contribution in [0.25, 0.3) is 5.70 Å². The van der Waals surface area contributed by atoms with E-state index in [1.54, 1.807) is 70.5 Å². The number of amides is 2. The highest BCUT2D eigenvalue weighted by Gasteiger charge is 2.37. The Labute approximate surface area is 193 Å². The van der Waals surface area contributed by atoms with Crippen molar-refractivity contribution in [2.75, 3.05) is 20.8 Å². The first-order chi connectivity index (χ1) is 15.9. The highest BCUT2D eigenvalue weighted by molar-refractivity contribution is 6.04. The molecular weight excluding hydrogens is 424 g/mol. The summed E-state index contributed by atoms with van der Waals surface area (Å²) in [6.45, 7) is 6.00. The number of urea groups is 1. The molecule has 0 spiro atoms. The lowest BCUT2D eigenvalue weighted by Crippen LogP contribution is -2.45. The number of ether oxygens (including phenoxy) is 4. The summed E-state index contributed by atoms with van der Waals surface area (Å²) in [7, 11) is 3.12. The maximum atomic E-state index is 13.3. The molecule has 1 aliphatic heterocycles. The molecule has 33 heavy (non-hydrogen) atoms. The van der Waals surface area contributed by atoms with E-state index in [9.17, 15) is 9.59 Å². The maximum absolute atomic E-state index is 13.3. The van der Waals surface area contributed by atoms with E-state index in [1.165, 1.54) is 0 Å². The van der Waals surface area contributed by atoms with Crippen molar-refractivity contribution in [3.8, 4) is 17.2 Å². The van der Waals surface area contributed by atoms with E-state index < -0.39 is 18.0 Å². The fraction of sp³-hybridized carbons (Fsp3) is 0.360. The van der Waals surface area contributed by atoms with Gasteiger partial charge in [-0.25, -0.2) is 9.59 Å². The molecule has 0 fully saturated rings. The molecular formula is C25H30N2O6. The molecule has 2 aromatic carbocycles. The molecule has 3 rings (SSSR count). The van der Waals surface area contributed by atoms with Gasteiger partial charge in [0.2, 0.25) is 0 Å². The van der Waals surface area contributed by atoms with Crippen molar-refractivity contribution in [3.05, 3.63) is 59.2 Å². The fourth-order valence-corrected chi connectivity index (χ4v) is 3.56. The van der Waals surface area contributed by atoms with Crippen molar-refractivity contribution < 1.29 is 28.5 Å². The summed E-state index contributed by atoms with van der Waals surface area (Å²) in [6.07, 6.45) is 0.437. The number of rotatable bonds is 9. The first kappa shape index (κ1) is 24.0. The standard InChI is InChI=1S/C25H30N2O6/c1-6-14-32-23-18(8-7-9-19(23)31-5)22-20(24(28)33-15(2)3)21(26-25(29)27-22)16-10-12-17(30-4)13-11-16/h7-13,15,22H,6,14H2,1-5H3,(H2,26,27,29). The molecule has 2 N–H and O–H groups in total. The Morgan fingerprint density at radius 3 is 2.39 bits per heavy atom. The van der Waals surface area contributed by atoms with Crippen LogP contribution in [0, 0.1) is 0 Å². The first-order valence-electron chi connectivity index (χ1n) is 10.9. The average Bonchev–Trinajstić information content (AvgIpc) is 2.81. The summed E-state index contributed by atoms with van der Waals surface area (Å²) in [6, 6.07) is 11.2. The summed E-state index contributed by atoms with van der Waals surface area (Å²) in [4.78, 5) is 26.0. The second kappa shape index (κ2) is 10.8. The van der Waals surface area contributed by atoms with Crippen LogP contribution in [0.5, 0.6) is 17.2 Å². The topological polar surface area (TPSA) is 95.1 Å². The van der Waals surface area contributed by atoms with Crippen molar-refractivity contribution in [1.29, 1.82) is 0 Å². The molecule has 1 aliphatic rings. The number of hydrogen-bond donors (Lipinski definition) is 2. The monoisotopic (exact) mass is 454 g/mol. The Kier molecular flexibility index (Phi) is 7.82. The van der Waals surface area contributed by atoms with Crippen LogP contribution in [0.1, 0.15) is 44.4 Å². The smallest absolute Gasteiger partial charge is 0.338 e. The van der Waals surface area contributed by atoms with E-state index in [1.807, 2.05) is 6.92 Å². The maximum Gasteiger partial charge on any atom is 0.338 e. The van der Waals surface area contributed by atoms with Gasteiger partial charge in [0.05, 0.1) is 44.2 Å². The largest absolute Gasteiger partial charge is 0.497 e. The van der Waals surface area contributed by atoms with E-state index in [0.717, 1.165) is 6.42 Å². The number of para-hydroxylation sites is 1. The minimum atomic E-state index is -0.816. The molecule has 0 radical (unpaired) electrons. The van der Waals surface area contributed by atoms with Crippen LogP contribution < -0.4 is 24.8 Å². The van der Waals surface area contributed by atoms with Gasteiger partial charge in [-0.1, -0.05) is 19.1 Å². The van der Waals surface area contributed by atoms with Gasteiger partial charge in [-0.2, -0.15) is 0 Å². The second-order valence-electron chi connectivity index (χ2n) is 7.73. The summed E-state index contributed by atoms with van der Waals surface area (Å²) < 4.78 is 22.3. The molecule has 1 unspecified atom stereocenters. The highest BCUT2D eigenvalue weighted by Crippen LogP contribution is 2.41. The molecule has 1 atom stereocenters. The summed E-state index contributed by atoms with van der Waals surface area (Å²) in [5.41, 5.74) is 1.87. The third-order valence-electron chi connectivity index (χ3n) is 5.00. The van der Waals surface area contributed by atoms with Crippen LogP contribution in [0.4, 0.5) is 4.79 Å². The lowest BCUT2D eigenvalue weighted by Gasteiger charge is -2.31. The molecule has 0 saturated carbocycles. The lowest BCUT2D eigenvalue weighted by molar-refractivity contribution is -0.143. The predicted molar refractivity (Wildman–Crippen MR) is 124 cm³/mol. The zero-order valence-corrected chi connectivity index (χ0v) is 19.6. The van der Waals surface area contributed by atoms with E-state index in [2.05, 4.69) is 10.6 Å². The average molecular weight is 455 g/mol. The summed E-state index contributed by atoms with van der Waals surface area (Å²) in [5.74, 6) is 1.09. The molecule has 8 nitrogen and oxygen atoms in total. The van der Waals surface area contributed by atoms with Gasteiger partial charge in [0.1, 0.15) is 5.75 Å². The molecule has 8 heteroatoms. The Morgan fingerprint density at radius 2 is 1.79 bits per heavy atom. The van der Waals surface area contributed by atoms with Crippen LogP contribution in [0.15, 0.2) is 48.0 Å². The number of esters is 1. The Balaban J connectivity index is 2.22. The Bertz CT molecular complexity index is 1030.